The predicted molar refractivity (Wildman–Crippen MR) is 89.0 cm³/mol. The van der Waals surface area contributed by atoms with Crippen LogP contribution in [0, 0.1) is 0 Å². The molecule has 0 fully saturated rings. The molecule has 0 unspecified atom stereocenters. The van der Waals surface area contributed by atoms with Gasteiger partial charge in [-0.15, -0.1) is 0 Å². The molecule has 0 N–H and O–H groups in total. The van der Waals surface area contributed by atoms with Crippen LogP contribution in [0.3, 0.4) is 0 Å². The van der Waals surface area contributed by atoms with Gasteiger partial charge in [-0.3, -0.25) is 0 Å². The number of methoxy groups -OCH3 is 1. The normalized spacial score (nSPS) is 12.0. The van der Waals surface area contributed by atoms with E-state index >= 15 is 0 Å². The van der Waals surface area contributed by atoms with Crippen LogP contribution in [-0.2, 0) is 5.41 Å². The van der Waals surface area contributed by atoms with E-state index in [1.165, 1.54) is 25.7 Å². The van der Waals surface area contributed by atoms with Crippen molar-refractivity contribution in [2.45, 2.75) is 26.2 Å². The van der Waals surface area contributed by atoms with Crippen LogP contribution in [0.4, 0.5) is 0 Å². The smallest absolute Gasteiger partial charge is 0.239 e. The highest BCUT2D eigenvalue weighted by Crippen LogP contribution is 2.33. The molecule has 1 nitrogen and oxygen atoms in total. The van der Waals surface area contributed by atoms with Crippen LogP contribution < -0.4 is 4.74 Å². The van der Waals surface area contributed by atoms with Crippen molar-refractivity contribution in [1.29, 1.82) is 0 Å². The van der Waals surface area contributed by atoms with Crippen LogP contribution in [-0.4, -0.2) is 7.11 Å². The van der Waals surface area contributed by atoms with Gasteiger partial charge in [-0.05, 0) is 35.2 Å². The molecule has 2 aromatic carbocycles. The van der Waals surface area contributed by atoms with Crippen LogP contribution in [0.15, 0.2) is 42.5 Å². The van der Waals surface area contributed by atoms with Gasteiger partial charge in [0.2, 0.25) is 20.7 Å². The molecule has 2 heteroatoms. The number of ether oxygens (including phenoxy) is 1. The highest BCUT2D eigenvalue weighted by Gasteiger charge is 2.17. The summed E-state index contributed by atoms with van der Waals surface area (Å²) >= 11 is 1.83. The van der Waals surface area contributed by atoms with E-state index in [9.17, 15) is 0 Å². The Morgan fingerprint density at radius 2 is 1.50 bits per heavy atom. The Hall–Kier alpha value is -1.67. The number of fused-ring (bicyclic) bond motifs is 2. The molecule has 0 aliphatic carbocycles. The third-order valence-corrected chi connectivity index (χ3v) is 4.81. The fraction of sp³-hybridized carbons (Fsp3) is 0.278. The van der Waals surface area contributed by atoms with Gasteiger partial charge in [-0.25, -0.2) is 0 Å². The van der Waals surface area contributed by atoms with Gasteiger partial charge >= 0.3 is 0 Å². The Bertz CT molecular complexity index is 784. The van der Waals surface area contributed by atoms with E-state index in [-0.39, 0.29) is 5.41 Å². The molecule has 0 saturated heterocycles. The van der Waals surface area contributed by atoms with E-state index in [2.05, 4.69) is 57.2 Å². The van der Waals surface area contributed by atoms with Crippen molar-refractivity contribution in [3.05, 3.63) is 48.0 Å². The lowest BCUT2D eigenvalue weighted by Gasteiger charge is -2.18. The van der Waals surface area contributed by atoms with E-state index in [0.29, 0.717) is 0 Å². The van der Waals surface area contributed by atoms with Crippen molar-refractivity contribution in [3.63, 3.8) is 0 Å². The van der Waals surface area contributed by atoms with Crippen LogP contribution in [0.2, 0.25) is 0 Å². The van der Waals surface area contributed by atoms with E-state index in [1.54, 1.807) is 7.11 Å². The summed E-state index contributed by atoms with van der Waals surface area (Å²) < 4.78 is 7.94. The first-order valence-corrected chi connectivity index (χ1v) is 7.64. The molecule has 0 bridgehead atoms. The maximum absolute atomic E-state index is 5.32. The molecule has 3 aromatic rings. The topological polar surface area (TPSA) is 9.23 Å². The number of benzene rings is 2. The molecule has 0 atom stereocenters. The number of rotatable bonds is 1. The van der Waals surface area contributed by atoms with Gasteiger partial charge in [0.05, 0.1) is 7.11 Å². The SMILES string of the molecule is COc1ccc2[s+]c3ccc(C(C)(C)C)cc3cc2c1. The molecule has 1 aromatic heterocycles. The van der Waals surface area contributed by atoms with Gasteiger partial charge in [0.15, 0.2) is 0 Å². The summed E-state index contributed by atoms with van der Waals surface area (Å²) in [5, 5.41) is 2.55. The van der Waals surface area contributed by atoms with Crippen molar-refractivity contribution >= 4 is 31.5 Å². The first-order valence-electron chi connectivity index (χ1n) is 6.82. The molecule has 3 rings (SSSR count). The summed E-state index contributed by atoms with van der Waals surface area (Å²) in [6.45, 7) is 6.75. The van der Waals surface area contributed by atoms with Crippen LogP contribution >= 0.6 is 11.3 Å². The highest BCUT2D eigenvalue weighted by molar-refractivity contribution is 7.24. The average molecular weight is 283 g/mol. The van der Waals surface area contributed by atoms with Crippen LogP contribution in [0.25, 0.3) is 20.2 Å². The van der Waals surface area contributed by atoms with Crippen molar-refractivity contribution in [1.82, 2.24) is 0 Å². The van der Waals surface area contributed by atoms with Crippen molar-refractivity contribution in [3.8, 4) is 5.75 Å². The van der Waals surface area contributed by atoms with Gasteiger partial charge in [-0.2, -0.15) is 0 Å². The minimum atomic E-state index is 0.183. The van der Waals surface area contributed by atoms with Crippen LogP contribution in [0.1, 0.15) is 26.3 Å². The molecule has 0 aliphatic heterocycles. The van der Waals surface area contributed by atoms with E-state index in [0.717, 1.165) is 5.75 Å². The summed E-state index contributed by atoms with van der Waals surface area (Å²) in [6, 6.07) is 15.3. The Morgan fingerprint density at radius 1 is 0.850 bits per heavy atom. The third-order valence-electron chi connectivity index (χ3n) is 3.62. The molecule has 0 amide bonds. The lowest BCUT2D eigenvalue weighted by atomic mass is 9.86. The second-order valence-corrected chi connectivity index (χ2v) is 7.24. The van der Waals surface area contributed by atoms with E-state index in [4.69, 9.17) is 4.74 Å². The predicted octanol–water partition coefficient (Wildman–Crippen LogP) is 5.64. The Kier molecular flexibility index (Phi) is 3.14. The Balaban J connectivity index is 2.26. The van der Waals surface area contributed by atoms with Crippen molar-refractivity contribution in [2.75, 3.05) is 7.11 Å². The van der Waals surface area contributed by atoms with Crippen LogP contribution in [0.5, 0.6) is 5.75 Å². The minimum absolute atomic E-state index is 0.183. The molecule has 1 heterocycles. The lowest BCUT2D eigenvalue weighted by Crippen LogP contribution is -2.10. The number of hydrogen-bond acceptors (Lipinski definition) is 1. The standard InChI is InChI=1S/C18H19OS/c1-18(2,3)14-5-7-16-12(10-14)9-13-11-15(19-4)6-8-17(13)20-16/h5-11H,1-4H3/q+1. The van der Waals surface area contributed by atoms with Crippen molar-refractivity contribution < 1.29 is 4.74 Å². The quantitative estimate of drug-likeness (QED) is 0.414. The molecule has 20 heavy (non-hydrogen) atoms. The molecular formula is C18H19OS+. The molecule has 102 valence electrons. The molecule has 0 spiro atoms. The molecule has 0 saturated carbocycles. The maximum atomic E-state index is 5.32. The highest BCUT2D eigenvalue weighted by atomic mass is 32.1. The van der Waals surface area contributed by atoms with Gasteiger partial charge < -0.3 is 4.74 Å². The monoisotopic (exact) mass is 283 g/mol. The zero-order valence-electron chi connectivity index (χ0n) is 12.4. The fourth-order valence-corrected chi connectivity index (χ4v) is 3.35. The molecule has 0 aliphatic rings. The number of hydrogen-bond donors (Lipinski definition) is 0. The summed E-state index contributed by atoms with van der Waals surface area (Å²) in [5.41, 5.74) is 1.56. The largest absolute Gasteiger partial charge is 0.497 e. The summed E-state index contributed by atoms with van der Waals surface area (Å²) in [4.78, 5) is 0. The summed E-state index contributed by atoms with van der Waals surface area (Å²) in [6.07, 6.45) is 0. The lowest BCUT2D eigenvalue weighted by molar-refractivity contribution is 0.415. The zero-order chi connectivity index (χ0) is 14.3. The summed E-state index contributed by atoms with van der Waals surface area (Å²) in [5.74, 6) is 0.913. The first kappa shape index (κ1) is 13.3. The minimum Gasteiger partial charge on any atom is -0.497 e. The van der Waals surface area contributed by atoms with E-state index < -0.39 is 0 Å². The summed E-state index contributed by atoms with van der Waals surface area (Å²) in [7, 11) is 1.71. The second-order valence-electron chi connectivity index (χ2n) is 6.15. The third kappa shape index (κ3) is 2.36. The zero-order valence-corrected chi connectivity index (χ0v) is 13.2. The average Bonchev–Trinajstić information content (AvgIpc) is 2.42. The second kappa shape index (κ2) is 4.71. The molecular weight excluding hydrogens is 264 g/mol. The van der Waals surface area contributed by atoms with Gasteiger partial charge in [0.1, 0.15) is 5.75 Å². The Labute approximate surface area is 123 Å². The maximum Gasteiger partial charge on any atom is 0.239 e. The fourth-order valence-electron chi connectivity index (χ4n) is 2.37. The van der Waals surface area contributed by atoms with Gasteiger partial charge in [0, 0.05) is 22.9 Å². The van der Waals surface area contributed by atoms with Crippen molar-refractivity contribution in [2.24, 2.45) is 0 Å². The van der Waals surface area contributed by atoms with Gasteiger partial charge in [0.25, 0.3) is 0 Å². The molecule has 0 radical (unpaired) electrons. The first-order chi connectivity index (χ1) is 9.47. The Morgan fingerprint density at radius 3 is 2.15 bits per heavy atom. The van der Waals surface area contributed by atoms with E-state index in [1.807, 2.05) is 17.4 Å². The van der Waals surface area contributed by atoms with Gasteiger partial charge in [-0.1, -0.05) is 26.8 Å².